The summed E-state index contributed by atoms with van der Waals surface area (Å²) in [6.45, 7) is 0. The van der Waals surface area contributed by atoms with Crippen LogP contribution in [0.5, 0.6) is 0 Å². The third-order valence-electron chi connectivity index (χ3n) is 6.26. The molecule has 1 unspecified atom stereocenters. The molecule has 1 aliphatic rings. The summed E-state index contributed by atoms with van der Waals surface area (Å²) in [7, 11) is 1.28. The Morgan fingerprint density at radius 1 is 1.08 bits per heavy atom. The maximum Gasteiger partial charge on any atom is 0.417 e. The molecule has 3 aromatic rings. The Bertz CT molecular complexity index is 1340. The van der Waals surface area contributed by atoms with E-state index in [2.05, 4.69) is 4.74 Å². The van der Waals surface area contributed by atoms with Crippen LogP contribution in [-0.4, -0.2) is 23.4 Å². The Kier molecular flexibility index (Phi) is 7.36. The van der Waals surface area contributed by atoms with Crippen molar-refractivity contribution in [3.05, 3.63) is 92.9 Å². The smallest absolute Gasteiger partial charge is 0.417 e. The number of Topliss-reactive ketones (excluding diaryl/α,β-unsaturated/α-hetero) is 1. The normalized spacial score (nSPS) is 14.4. The molecule has 0 saturated heterocycles. The van der Waals surface area contributed by atoms with Gasteiger partial charge < -0.3 is 9.30 Å². The Morgan fingerprint density at radius 2 is 1.78 bits per heavy atom. The number of carbonyl (C=O) groups excluding carboxylic acids is 2. The number of alkyl halides is 3. The van der Waals surface area contributed by atoms with Gasteiger partial charge in [0.05, 0.1) is 24.3 Å². The number of pyridine rings is 1. The molecule has 36 heavy (non-hydrogen) atoms. The fourth-order valence-corrected chi connectivity index (χ4v) is 4.35. The zero-order valence-corrected chi connectivity index (χ0v) is 20.1. The molecular formula is C27H23ClF3NO4. The van der Waals surface area contributed by atoms with E-state index < -0.39 is 29.3 Å². The zero-order chi connectivity index (χ0) is 26.0. The van der Waals surface area contributed by atoms with E-state index >= 15 is 0 Å². The minimum atomic E-state index is -4.62. The summed E-state index contributed by atoms with van der Waals surface area (Å²) >= 11 is 5.94. The van der Waals surface area contributed by atoms with Crippen molar-refractivity contribution in [2.45, 2.75) is 37.9 Å². The predicted molar refractivity (Wildman–Crippen MR) is 129 cm³/mol. The Labute approximate surface area is 210 Å². The summed E-state index contributed by atoms with van der Waals surface area (Å²) in [6.07, 6.45) is -0.806. The molecule has 1 fully saturated rings. The van der Waals surface area contributed by atoms with Crippen LogP contribution in [0, 0.1) is 5.92 Å². The average molecular weight is 518 g/mol. The molecule has 0 spiro atoms. The number of benzene rings is 2. The van der Waals surface area contributed by atoms with E-state index in [0.29, 0.717) is 23.5 Å². The molecule has 0 N–H and O–H groups in total. The van der Waals surface area contributed by atoms with E-state index in [9.17, 15) is 27.6 Å². The Hall–Kier alpha value is -3.39. The van der Waals surface area contributed by atoms with Gasteiger partial charge in [-0.2, -0.15) is 13.2 Å². The lowest BCUT2D eigenvalue weighted by Crippen LogP contribution is -2.30. The number of nitrogens with zero attached hydrogens (tertiary/aromatic N) is 1. The summed E-state index contributed by atoms with van der Waals surface area (Å²) in [5.74, 6) is -0.363. The Morgan fingerprint density at radius 3 is 2.36 bits per heavy atom. The lowest BCUT2D eigenvalue weighted by atomic mass is 9.97. The fourth-order valence-electron chi connectivity index (χ4n) is 4.18. The van der Waals surface area contributed by atoms with Crippen molar-refractivity contribution in [2.24, 2.45) is 5.92 Å². The van der Waals surface area contributed by atoms with Crippen LogP contribution in [0.2, 0.25) is 5.02 Å². The molecule has 1 aromatic heterocycles. The standard InChI is InChI=1S/C27H23ClF3NO4/c1-36-26(35)18-6-4-17(5-7-18)13-24(33)23(12-16-2-3-16)32-11-10-19(14-25(32)34)21-15-20(28)8-9-22(21)27(29,30)31/h4-11,14-16,23H,2-3,12-13H2,1H3. The second-order valence-electron chi connectivity index (χ2n) is 8.88. The number of rotatable bonds is 8. The van der Waals surface area contributed by atoms with Gasteiger partial charge >= 0.3 is 12.1 Å². The number of hydrogen-bond donors (Lipinski definition) is 0. The molecule has 0 aliphatic heterocycles. The van der Waals surface area contributed by atoms with Gasteiger partial charge in [0.15, 0.2) is 5.78 Å². The van der Waals surface area contributed by atoms with Crippen molar-refractivity contribution >= 4 is 23.4 Å². The molecular weight excluding hydrogens is 495 g/mol. The molecule has 1 saturated carbocycles. The first-order chi connectivity index (χ1) is 17.1. The molecule has 9 heteroatoms. The van der Waals surface area contributed by atoms with E-state index in [0.717, 1.165) is 31.0 Å². The van der Waals surface area contributed by atoms with Crippen molar-refractivity contribution < 1.29 is 27.5 Å². The van der Waals surface area contributed by atoms with Crippen LogP contribution in [0.3, 0.4) is 0 Å². The number of methoxy groups -OCH3 is 1. The first-order valence-corrected chi connectivity index (χ1v) is 11.7. The van der Waals surface area contributed by atoms with Gasteiger partial charge in [0, 0.05) is 23.7 Å². The molecule has 4 rings (SSSR count). The van der Waals surface area contributed by atoms with Crippen LogP contribution in [-0.2, 0) is 22.1 Å². The number of hydrogen-bond acceptors (Lipinski definition) is 4. The lowest BCUT2D eigenvalue weighted by Gasteiger charge is -2.20. The highest BCUT2D eigenvalue weighted by Gasteiger charge is 2.34. The van der Waals surface area contributed by atoms with E-state index in [-0.39, 0.29) is 28.4 Å². The lowest BCUT2D eigenvalue weighted by molar-refractivity contribution is -0.137. The molecule has 1 heterocycles. The van der Waals surface area contributed by atoms with E-state index in [1.165, 1.54) is 30.0 Å². The van der Waals surface area contributed by atoms with Gasteiger partial charge in [-0.15, -0.1) is 0 Å². The molecule has 5 nitrogen and oxygen atoms in total. The predicted octanol–water partition coefficient (Wildman–Crippen LogP) is 6.13. The van der Waals surface area contributed by atoms with Crippen LogP contribution < -0.4 is 5.56 Å². The molecule has 2 aromatic carbocycles. The van der Waals surface area contributed by atoms with Crippen LogP contribution >= 0.6 is 11.6 Å². The van der Waals surface area contributed by atoms with Gasteiger partial charge in [-0.05, 0) is 65.4 Å². The minimum absolute atomic E-state index is 0.0412. The van der Waals surface area contributed by atoms with E-state index in [4.69, 9.17) is 11.6 Å². The molecule has 1 atom stereocenters. The molecule has 0 bridgehead atoms. The average Bonchev–Trinajstić information content (AvgIpc) is 3.66. The van der Waals surface area contributed by atoms with E-state index in [1.54, 1.807) is 24.3 Å². The Balaban J connectivity index is 1.63. The summed E-state index contributed by atoms with van der Waals surface area (Å²) in [5, 5.41) is 0.113. The summed E-state index contributed by atoms with van der Waals surface area (Å²) in [5.41, 5.74) is -0.566. The topological polar surface area (TPSA) is 65.4 Å². The largest absolute Gasteiger partial charge is 0.465 e. The number of aromatic nitrogens is 1. The first-order valence-electron chi connectivity index (χ1n) is 11.4. The zero-order valence-electron chi connectivity index (χ0n) is 19.3. The van der Waals surface area contributed by atoms with Crippen LogP contribution in [0.25, 0.3) is 11.1 Å². The highest BCUT2D eigenvalue weighted by atomic mass is 35.5. The first kappa shape index (κ1) is 25.7. The highest BCUT2D eigenvalue weighted by molar-refractivity contribution is 6.30. The van der Waals surface area contributed by atoms with Gasteiger partial charge in [0.2, 0.25) is 0 Å². The number of ether oxygens (including phenoxy) is 1. The number of carbonyl (C=O) groups is 2. The van der Waals surface area contributed by atoms with Crippen molar-refractivity contribution in [3.63, 3.8) is 0 Å². The fraction of sp³-hybridized carbons (Fsp3) is 0.296. The maximum atomic E-state index is 13.5. The quantitative estimate of drug-likeness (QED) is 0.337. The van der Waals surface area contributed by atoms with Crippen LogP contribution in [0.1, 0.15) is 46.8 Å². The SMILES string of the molecule is COC(=O)c1ccc(CC(=O)C(CC2CC2)n2ccc(-c3cc(Cl)ccc3C(F)(F)F)cc2=O)cc1. The summed E-state index contributed by atoms with van der Waals surface area (Å²) < 4.78 is 46.6. The second-order valence-corrected chi connectivity index (χ2v) is 9.31. The molecule has 1 aliphatic carbocycles. The molecule has 188 valence electrons. The summed E-state index contributed by atoms with van der Waals surface area (Å²) in [6, 6.07) is 11.4. The maximum absolute atomic E-state index is 13.5. The van der Waals surface area contributed by atoms with Crippen LogP contribution in [0.4, 0.5) is 13.2 Å². The van der Waals surface area contributed by atoms with Gasteiger partial charge in [0.25, 0.3) is 5.56 Å². The third kappa shape index (κ3) is 5.87. The molecule has 0 amide bonds. The van der Waals surface area contributed by atoms with Crippen molar-refractivity contribution in [3.8, 4) is 11.1 Å². The van der Waals surface area contributed by atoms with Gasteiger partial charge in [-0.25, -0.2) is 4.79 Å². The molecule has 0 radical (unpaired) electrons. The van der Waals surface area contributed by atoms with Gasteiger partial charge in [-0.1, -0.05) is 36.6 Å². The number of esters is 1. The third-order valence-corrected chi connectivity index (χ3v) is 6.50. The van der Waals surface area contributed by atoms with Crippen molar-refractivity contribution in [1.82, 2.24) is 4.57 Å². The van der Waals surface area contributed by atoms with E-state index in [1.807, 2.05) is 0 Å². The number of ketones is 1. The van der Waals surface area contributed by atoms with Crippen LogP contribution in [0.15, 0.2) is 65.6 Å². The number of halogens is 4. The van der Waals surface area contributed by atoms with Crippen molar-refractivity contribution in [1.29, 1.82) is 0 Å². The summed E-state index contributed by atoms with van der Waals surface area (Å²) in [4.78, 5) is 38.0. The van der Waals surface area contributed by atoms with Gasteiger partial charge in [0.1, 0.15) is 0 Å². The van der Waals surface area contributed by atoms with Crippen molar-refractivity contribution in [2.75, 3.05) is 7.11 Å². The van der Waals surface area contributed by atoms with Gasteiger partial charge in [-0.3, -0.25) is 9.59 Å². The monoisotopic (exact) mass is 517 g/mol. The minimum Gasteiger partial charge on any atom is -0.465 e. The highest BCUT2D eigenvalue weighted by Crippen LogP contribution is 2.39. The second kappa shape index (κ2) is 10.3.